The van der Waals surface area contributed by atoms with Gasteiger partial charge in [0.25, 0.3) is 5.19 Å². The normalized spacial score (nSPS) is 14.9. The van der Waals surface area contributed by atoms with E-state index in [1.165, 1.54) is 12.8 Å². The fraction of sp³-hybridized carbons (Fsp3) is 0.480. The molecular formula is C25H33NO3S. The van der Waals surface area contributed by atoms with Crippen LogP contribution in [0, 0.1) is 0 Å². The minimum atomic E-state index is -0.252. The molecule has 1 saturated carbocycles. The second-order valence-electron chi connectivity index (χ2n) is 7.46. The molecule has 1 heterocycles. The van der Waals surface area contributed by atoms with Gasteiger partial charge in [0, 0.05) is 0 Å². The quantitative estimate of drug-likeness (QED) is 0.415. The van der Waals surface area contributed by atoms with E-state index in [0.717, 1.165) is 53.6 Å². The Morgan fingerprint density at radius 1 is 1.10 bits per heavy atom. The summed E-state index contributed by atoms with van der Waals surface area (Å²) in [6.07, 6.45) is 7.02. The smallest absolute Gasteiger partial charge is 0.279 e. The van der Waals surface area contributed by atoms with Gasteiger partial charge in [0.05, 0.1) is 22.4 Å². The average Bonchev–Trinajstić information content (AvgIpc) is 3.44. The topological polar surface area (TPSA) is 51.6 Å². The Hall–Kier alpha value is -2.11. The van der Waals surface area contributed by atoms with E-state index < -0.39 is 0 Å². The third-order valence-electron chi connectivity index (χ3n) is 5.31. The maximum atomic E-state index is 9.87. The highest BCUT2D eigenvalue weighted by atomic mass is 32.1. The molecule has 0 amide bonds. The minimum absolute atomic E-state index is 0.252. The van der Waals surface area contributed by atoms with Crippen LogP contribution >= 0.6 is 11.3 Å². The zero-order valence-electron chi connectivity index (χ0n) is 18.3. The molecule has 0 saturated heterocycles. The van der Waals surface area contributed by atoms with E-state index in [9.17, 15) is 5.11 Å². The molecule has 30 heavy (non-hydrogen) atoms. The highest BCUT2D eigenvalue weighted by Crippen LogP contribution is 2.38. The summed E-state index contributed by atoms with van der Waals surface area (Å²) in [6, 6.07) is 14.2. The zero-order chi connectivity index (χ0) is 21.3. The summed E-state index contributed by atoms with van der Waals surface area (Å²) in [5, 5.41) is 10.5. The Kier molecular flexibility index (Phi) is 8.52. The van der Waals surface area contributed by atoms with Gasteiger partial charge in [-0.25, -0.2) is 4.98 Å². The molecule has 0 spiro atoms. The number of aromatic nitrogens is 1. The molecule has 4 nitrogen and oxygen atoms in total. The van der Waals surface area contributed by atoms with Gasteiger partial charge in [-0.1, -0.05) is 50.3 Å². The molecule has 1 N–H and O–H groups in total. The Labute approximate surface area is 183 Å². The van der Waals surface area contributed by atoms with Crippen LogP contribution in [-0.2, 0) is 6.42 Å². The van der Waals surface area contributed by atoms with Crippen molar-refractivity contribution in [3.8, 4) is 16.7 Å². The van der Waals surface area contributed by atoms with Gasteiger partial charge in [0.2, 0.25) is 0 Å². The summed E-state index contributed by atoms with van der Waals surface area (Å²) in [5.74, 6) is 1.50. The average molecular weight is 428 g/mol. The summed E-state index contributed by atoms with van der Waals surface area (Å²) in [4.78, 5) is 4.58. The number of ether oxygens (including phenoxy) is 2. The van der Waals surface area contributed by atoms with E-state index >= 15 is 0 Å². The first-order valence-corrected chi connectivity index (χ1v) is 12.0. The van der Waals surface area contributed by atoms with E-state index in [-0.39, 0.29) is 12.2 Å². The lowest BCUT2D eigenvalue weighted by atomic mass is 10.0. The van der Waals surface area contributed by atoms with Gasteiger partial charge in [0.1, 0.15) is 0 Å². The minimum Gasteiger partial charge on any atom is -0.487 e. The molecule has 3 aromatic rings. The van der Waals surface area contributed by atoms with Crippen LogP contribution in [0.15, 0.2) is 42.5 Å². The largest absolute Gasteiger partial charge is 0.487 e. The number of hydrogen-bond donors (Lipinski definition) is 1. The van der Waals surface area contributed by atoms with Gasteiger partial charge in [-0.05, 0) is 74.8 Å². The van der Waals surface area contributed by atoms with Crippen LogP contribution < -0.4 is 9.47 Å². The standard InChI is InChI=1S/C23H27NO3S.C2H6/c1-2-17(25)13-11-16-12-14-20(21(15-16)26-18-7-3-4-8-18)27-23-24-19-9-5-6-10-22(19)28-23;1-2/h5-6,9-10,12,14-15,17-18,25H,2-4,7-8,11,13H2,1H3;1-2H3. The van der Waals surface area contributed by atoms with Gasteiger partial charge in [0.15, 0.2) is 11.5 Å². The number of para-hydroxylation sites is 1. The van der Waals surface area contributed by atoms with E-state index in [2.05, 4.69) is 23.2 Å². The number of benzene rings is 2. The molecule has 1 unspecified atom stereocenters. The summed E-state index contributed by atoms with van der Waals surface area (Å²) in [7, 11) is 0. The highest BCUT2D eigenvalue weighted by Gasteiger charge is 2.20. The van der Waals surface area contributed by atoms with Gasteiger partial charge in [-0.2, -0.15) is 0 Å². The van der Waals surface area contributed by atoms with Crippen LogP contribution in [0.25, 0.3) is 10.2 Å². The Bertz CT molecular complexity index is 885. The van der Waals surface area contributed by atoms with Gasteiger partial charge in [-0.3, -0.25) is 0 Å². The first-order chi connectivity index (χ1) is 14.7. The van der Waals surface area contributed by atoms with E-state index in [1.807, 2.05) is 45.0 Å². The molecule has 5 heteroatoms. The SMILES string of the molecule is CC.CCC(O)CCc1ccc(Oc2nc3ccccc3s2)c(OC2CCCC2)c1. The lowest BCUT2D eigenvalue weighted by molar-refractivity contribution is 0.160. The van der Waals surface area contributed by atoms with E-state index in [0.29, 0.717) is 10.9 Å². The number of aryl methyl sites for hydroxylation is 1. The summed E-state index contributed by atoms with van der Waals surface area (Å²) in [5.41, 5.74) is 2.11. The molecule has 1 aliphatic carbocycles. The van der Waals surface area contributed by atoms with E-state index in [1.54, 1.807) is 11.3 Å². The molecule has 2 aromatic carbocycles. The van der Waals surface area contributed by atoms with Crippen molar-refractivity contribution >= 4 is 21.6 Å². The molecule has 4 rings (SSSR count). The van der Waals surface area contributed by atoms with Crippen molar-refractivity contribution in [3.63, 3.8) is 0 Å². The molecule has 0 bridgehead atoms. The fourth-order valence-electron chi connectivity index (χ4n) is 3.60. The number of rotatable bonds is 8. The molecule has 1 aromatic heterocycles. The Morgan fingerprint density at radius 3 is 2.60 bits per heavy atom. The maximum absolute atomic E-state index is 9.87. The lowest BCUT2D eigenvalue weighted by Gasteiger charge is -2.17. The first-order valence-electron chi connectivity index (χ1n) is 11.2. The lowest BCUT2D eigenvalue weighted by Crippen LogP contribution is -2.12. The van der Waals surface area contributed by atoms with Crippen LogP contribution in [0.4, 0.5) is 0 Å². The van der Waals surface area contributed by atoms with Gasteiger partial charge < -0.3 is 14.6 Å². The second kappa shape index (κ2) is 11.3. The molecular weight excluding hydrogens is 394 g/mol. The highest BCUT2D eigenvalue weighted by molar-refractivity contribution is 7.20. The fourth-order valence-corrected chi connectivity index (χ4v) is 4.42. The number of aliphatic hydroxyl groups excluding tert-OH is 1. The molecule has 0 aliphatic heterocycles. The number of aliphatic hydroxyl groups is 1. The number of nitrogens with zero attached hydrogens (tertiary/aromatic N) is 1. The van der Waals surface area contributed by atoms with Crippen molar-refractivity contribution in [1.29, 1.82) is 0 Å². The molecule has 162 valence electrons. The number of hydrogen-bond acceptors (Lipinski definition) is 5. The number of thiazole rings is 1. The summed E-state index contributed by atoms with van der Waals surface area (Å²) in [6.45, 7) is 6.01. The second-order valence-corrected chi connectivity index (χ2v) is 8.45. The van der Waals surface area contributed by atoms with Crippen LogP contribution in [0.5, 0.6) is 16.7 Å². The first kappa shape index (κ1) is 22.6. The zero-order valence-corrected chi connectivity index (χ0v) is 19.1. The van der Waals surface area contributed by atoms with Crippen molar-refractivity contribution in [1.82, 2.24) is 4.98 Å². The third-order valence-corrected chi connectivity index (χ3v) is 6.23. The predicted molar refractivity (Wildman–Crippen MR) is 125 cm³/mol. The summed E-state index contributed by atoms with van der Waals surface area (Å²) >= 11 is 1.54. The monoisotopic (exact) mass is 427 g/mol. The van der Waals surface area contributed by atoms with Crippen LogP contribution in [0.2, 0.25) is 0 Å². The van der Waals surface area contributed by atoms with Crippen LogP contribution in [0.1, 0.15) is 64.9 Å². The molecule has 1 aliphatic rings. The summed E-state index contributed by atoms with van der Waals surface area (Å²) < 4.78 is 13.6. The van der Waals surface area contributed by atoms with Gasteiger partial charge >= 0.3 is 0 Å². The van der Waals surface area contributed by atoms with Crippen molar-refractivity contribution in [2.24, 2.45) is 0 Å². The predicted octanol–water partition coefficient (Wildman–Crippen LogP) is 7.14. The molecule has 1 fully saturated rings. The van der Waals surface area contributed by atoms with Crippen LogP contribution in [0.3, 0.4) is 0 Å². The van der Waals surface area contributed by atoms with Crippen molar-refractivity contribution in [2.45, 2.75) is 77.9 Å². The Balaban J connectivity index is 0.00000124. The molecule has 1 atom stereocenters. The number of fused-ring (bicyclic) bond motifs is 1. The maximum Gasteiger partial charge on any atom is 0.279 e. The van der Waals surface area contributed by atoms with Gasteiger partial charge in [-0.15, -0.1) is 0 Å². The third kappa shape index (κ3) is 5.96. The van der Waals surface area contributed by atoms with Crippen molar-refractivity contribution in [3.05, 3.63) is 48.0 Å². The molecule has 0 radical (unpaired) electrons. The van der Waals surface area contributed by atoms with Crippen molar-refractivity contribution in [2.75, 3.05) is 0 Å². The van der Waals surface area contributed by atoms with Crippen molar-refractivity contribution < 1.29 is 14.6 Å². The Morgan fingerprint density at radius 2 is 1.87 bits per heavy atom. The van der Waals surface area contributed by atoms with Crippen LogP contribution in [-0.4, -0.2) is 22.3 Å². The van der Waals surface area contributed by atoms with E-state index in [4.69, 9.17) is 9.47 Å².